The van der Waals surface area contributed by atoms with Crippen molar-refractivity contribution in [3.63, 3.8) is 0 Å². The van der Waals surface area contributed by atoms with Crippen LogP contribution in [0.25, 0.3) is 5.69 Å². The molecular formula is C20H21ClN4O2. The molecule has 0 amide bonds. The topological polar surface area (TPSA) is 69.0 Å². The maximum atomic E-state index is 12.1. The number of hydrogen-bond donors (Lipinski definition) is 1. The van der Waals surface area contributed by atoms with Gasteiger partial charge in [-0.3, -0.25) is 0 Å². The Kier molecular flexibility index (Phi) is 5.19. The second-order valence-corrected chi connectivity index (χ2v) is 7.45. The number of rotatable bonds is 4. The van der Waals surface area contributed by atoms with E-state index in [2.05, 4.69) is 31.1 Å². The highest BCUT2D eigenvalue weighted by atomic mass is 35.5. The van der Waals surface area contributed by atoms with Crippen LogP contribution >= 0.6 is 11.6 Å². The molecule has 0 aliphatic heterocycles. The van der Waals surface area contributed by atoms with Gasteiger partial charge in [0.15, 0.2) is 0 Å². The summed E-state index contributed by atoms with van der Waals surface area (Å²) in [4.78, 5) is 16.3. The first-order valence-electron chi connectivity index (χ1n) is 8.47. The maximum absolute atomic E-state index is 12.1. The molecule has 1 N–H and O–H groups in total. The number of hydrogen-bond acceptors (Lipinski definition) is 5. The molecule has 2 aromatic heterocycles. The normalized spacial score (nSPS) is 11.3. The van der Waals surface area contributed by atoms with Gasteiger partial charge < -0.3 is 10.1 Å². The van der Waals surface area contributed by atoms with Gasteiger partial charge in [0.1, 0.15) is 17.2 Å². The fourth-order valence-corrected chi connectivity index (χ4v) is 2.76. The Bertz CT molecular complexity index is 976. The number of aromatic nitrogens is 3. The third-order valence-electron chi connectivity index (χ3n) is 4.02. The van der Waals surface area contributed by atoms with E-state index in [0.717, 1.165) is 11.4 Å². The number of ether oxygens (including phenoxy) is 1. The number of nitrogens with one attached hydrogen (secondary N) is 1. The number of benzene rings is 1. The Morgan fingerprint density at radius 3 is 2.59 bits per heavy atom. The minimum atomic E-state index is -0.467. The monoisotopic (exact) mass is 384 g/mol. The lowest BCUT2D eigenvalue weighted by Crippen LogP contribution is -2.12. The minimum absolute atomic E-state index is 0.168. The van der Waals surface area contributed by atoms with E-state index in [1.807, 2.05) is 24.3 Å². The standard InChI is InChI=1S/C20H21ClN4O2/c1-20(2,3)16-12-17(25(24-16)15-10-6-5-9-14(15)21)23-18-13(19(26)27-4)8-7-11-22-18/h5-12H,1-4H3,(H,22,23). The molecule has 0 fully saturated rings. The summed E-state index contributed by atoms with van der Waals surface area (Å²) in [6, 6.07) is 12.7. The Morgan fingerprint density at radius 1 is 1.19 bits per heavy atom. The number of anilines is 2. The van der Waals surface area contributed by atoms with Crippen LogP contribution in [0.2, 0.25) is 5.02 Å². The predicted molar refractivity (Wildman–Crippen MR) is 106 cm³/mol. The van der Waals surface area contributed by atoms with E-state index in [1.54, 1.807) is 29.1 Å². The largest absolute Gasteiger partial charge is 0.465 e. The minimum Gasteiger partial charge on any atom is -0.465 e. The number of para-hydroxylation sites is 1. The molecule has 0 bridgehead atoms. The number of nitrogens with zero attached hydrogens (tertiary/aromatic N) is 3. The summed E-state index contributed by atoms with van der Waals surface area (Å²) in [5, 5.41) is 8.50. The fourth-order valence-electron chi connectivity index (χ4n) is 2.54. The molecule has 2 heterocycles. The van der Waals surface area contributed by atoms with Crippen LogP contribution in [0, 0.1) is 0 Å². The molecule has 0 unspecified atom stereocenters. The molecule has 0 aliphatic carbocycles. The number of methoxy groups -OCH3 is 1. The van der Waals surface area contributed by atoms with Crippen molar-refractivity contribution < 1.29 is 9.53 Å². The number of halogens is 1. The van der Waals surface area contributed by atoms with Gasteiger partial charge in [0.2, 0.25) is 0 Å². The molecule has 0 spiro atoms. The lowest BCUT2D eigenvalue weighted by atomic mass is 9.92. The smallest absolute Gasteiger partial charge is 0.341 e. The van der Waals surface area contributed by atoms with E-state index in [4.69, 9.17) is 21.4 Å². The molecule has 0 radical (unpaired) electrons. The lowest BCUT2D eigenvalue weighted by molar-refractivity contribution is 0.0601. The first-order chi connectivity index (χ1) is 12.8. The average Bonchev–Trinajstić information content (AvgIpc) is 3.06. The van der Waals surface area contributed by atoms with E-state index in [1.165, 1.54) is 7.11 Å². The van der Waals surface area contributed by atoms with Gasteiger partial charge in [-0.2, -0.15) is 5.10 Å². The van der Waals surface area contributed by atoms with Crippen molar-refractivity contribution in [2.75, 3.05) is 12.4 Å². The van der Waals surface area contributed by atoms with Gasteiger partial charge in [-0.15, -0.1) is 0 Å². The van der Waals surface area contributed by atoms with Gasteiger partial charge >= 0.3 is 5.97 Å². The first kappa shape index (κ1) is 18.9. The van der Waals surface area contributed by atoms with E-state index >= 15 is 0 Å². The second-order valence-electron chi connectivity index (χ2n) is 7.04. The third-order valence-corrected chi connectivity index (χ3v) is 4.34. The third kappa shape index (κ3) is 3.95. The van der Waals surface area contributed by atoms with E-state index < -0.39 is 5.97 Å². The zero-order chi connectivity index (χ0) is 19.6. The van der Waals surface area contributed by atoms with E-state index in [-0.39, 0.29) is 5.41 Å². The molecule has 3 aromatic rings. The quantitative estimate of drug-likeness (QED) is 0.657. The SMILES string of the molecule is COC(=O)c1cccnc1Nc1cc(C(C)(C)C)nn1-c1ccccc1Cl. The van der Waals surface area contributed by atoms with E-state index in [9.17, 15) is 4.79 Å². The Balaban J connectivity index is 2.12. The van der Waals surface area contributed by atoms with Crippen molar-refractivity contribution in [2.45, 2.75) is 26.2 Å². The van der Waals surface area contributed by atoms with Gasteiger partial charge in [0, 0.05) is 17.7 Å². The average molecular weight is 385 g/mol. The highest BCUT2D eigenvalue weighted by Crippen LogP contribution is 2.30. The fraction of sp³-hybridized carbons (Fsp3) is 0.250. The van der Waals surface area contributed by atoms with Gasteiger partial charge in [-0.1, -0.05) is 44.5 Å². The van der Waals surface area contributed by atoms with Crippen molar-refractivity contribution in [3.05, 3.63) is 64.9 Å². The molecule has 3 rings (SSSR count). The summed E-state index contributed by atoms with van der Waals surface area (Å²) >= 11 is 6.38. The number of carbonyl (C=O) groups is 1. The Morgan fingerprint density at radius 2 is 1.93 bits per heavy atom. The molecule has 0 atom stereocenters. The molecule has 27 heavy (non-hydrogen) atoms. The Labute approximate surface area is 163 Å². The Hall–Kier alpha value is -2.86. The van der Waals surface area contributed by atoms with Gasteiger partial charge in [0.25, 0.3) is 0 Å². The molecule has 140 valence electrons. The van der Waals surface area contributed by atoms with Crippen LogP contribution in [0.5, 0.6) is 0 Å². The number of carbonyl (C=O) groups excluding carboxylic acids is 1. The molecule has 0 saturated carbocycles. The predicted octanol–water partition coefficient (Wildman–Crippen LogP) is 4.75. The van der Waals surface area contributed by atoms with Gasteiger partial charge in [-0.25, -0.2) is 14.5 Å². The zero-order valence-electron chi connectivity index (χ0n) is 15.7. The zero-order valence-corrected chi connectivity index (χ0v) is 16.4. The number of pyridine rings is 1. The van der Waals surface area contributed by atoms with Crippen molar-refractivity contribution in [1.82, 2.24) is 14.8 Å². The van der Waals surface area contributed by atoms with E-state index in [0.29, 0.717) is 22.2 Å². The lowest BCUT2D eigenvalue weighted by Gasteiger charge is -2.14. The summed E-state index contributed by atoms with van der Waals surface area (Å²) < 4.78 is 6.57. The van der Waals surface area contributed by atoms with Crippen LogP contribution in [-0.2, 0) is 10.2 Å². The number of esters is 1. The molecule has 0 saturated heterocycles. The van der Waals surface area contributed by atoms with Crippen LogP contribution in [0.3, 0.4) is 0 Å². The van der Waals surface area contributed by atoms with Crippen LogP contribution in [-0.4, -0.2) is 27.8 Å². The molecular weight excluding hydrogens is 364 g/mol. The maximum Gasteiger partial charge on any atom is 0.341 e. The van der Waals surface area contributed by atoms with Crippen LogP contribution < -0.4 is 5.32 Å². The van der Waals surface area contributed by atoms with Crippen molar-refractivity contribution in [1.29, 1.82) is 0 Å². The second kappa shape index (κ2) is 7.40. The molecule has 1 aromatic carbocycles. The van der Waals surface area contributed by atoms with Crippen LogP contribution in [0.15, 0.2) is 48.7 Å². The van der Waals surface area contributed by atoms with Gasteiger partial charge in [0.05, 0.1) is 23.5 Å². The van der Waals surface area contributed by atoms with Crippen molar-refractivity contribution >= 4 is 29.2 Å². The molecule has 6 nitrogen and oxygen atoms in total. The highest BCUT2D eigenvalue weighted by Gasteiger charge is 2.22. The first-order valence-corrected chi connectivity index (χ1v) is 8.85. The summed E-state index contributed by atoms with van der Waals surface area (Å²) in [5.74, 6) is 0.570. The summed E-state index contributed by atoms with van der Waals surface area (Å²) in [6.07, 6.45) is 1.61. The van der Waals surface area contributed by atoms with Gasteiger partial charge in [-0.05, 0) is 24.3 Å². The molecule has 7 heteroatoms. The van der Waals surface area contributed by atoms with Crippen LogP contribution in [0.4, 0.5) is 11.6 Å². The summed E-state index contributed by atoms with van der Waals surface area (Å²) in [5.41, 5.74) is 1.77. The highest BCUT2D eigenvalue weighted by molar-refractivity contribution is 6.32. The van der Waals surface area contributed by atoms with Crippen molar-refractivity contribution in [2.24, 2.45) is 0 Å². The molecule has 0 aliphatic rings. The summed E-state index contributed by atoms with van der Waals surface area (Å²) in [7, 11) is 1.34. The van der Waals surface area contributed by atoms with Crippen LogP contribution in [0.1, 0.15) is 36.8 Å². The van der Waals surface area contributed by atoms with Crippen molar-refractivity contribution in [3.8, 4) is 5.69 Å². The summed E-state index contributed by atoms with van der Waals surface area (Å²) in [6.45, 7) is 6.24.